The lowest BCUT2D eigenvalue weighted by atomic mass is 10.2. The van der Waals surface area contributed by atoms with Crippen LogP contribution in [0.3, 0.4) is 0 Å². The molecular weight excluding hydrogens is 478 g/mol. The molecule has 4 rings (SSSR count). The van der Waals surface area contributed by atoms with Crippen LogP contribution in [0.1, 0.15) is 16.1 Å². The normalized spacial score (nSPS) is 15.2. The molecule has 11 heteroatoms. The average molecular weight is 497 g/mol. The van der Waals surface area contributed by atoms with E-state index in [1.165, 1.54) is 34.8 Å². The van der Waals surface area contributed by atoms with Crippen molar-refractivity contribution in [1.29, 1.82) is 0 Å². The summed E-state index contributed by atoms with van der Waals surface area (Å²) in [6.07, 6.45) is 1.47. The van der Waals surface area contributed by atoms with Crippen molar-refractivity contribution in [2.45, 2.75) is 11.8 Å². The molecular formula is C21H19Cl2FN4O3S. The SMILES string of the molecule is Cc1c(C(=O)N2CCN(S(=O)(=O)c3c(Cl)cccc3Cl)CC2)cnn1-c1ccc(F)cc1. The molecule has 32 heavy (non-hydrogen) atoms. The lowest BCUT2D eigenvalue weighted by molar-refractivity contribution is 0.0697. The summed E-state index contributed by atoms with van der Waals surface area (Å²) < 4.78 is 42.1. The summed E-state index contributed by atoms with van der Waals surface area (Å²) in [6, 6.07) is 10.3. The first-order chi connectivity index (χ1) is 15.2. The number of halogens is 3. The van der Waals surface area contributed by atoms with Crippen LogP contribution in [0.2, 0.25) is 10.0 Å². The van der Waals surface area contributed by atoms with Gasteiger partial charge >= 0.3 is 0 Å². The Morgan fingerprint density at radius 1 is 1.00 bits per heavy atom. The first kappa shape index (κ1) is 22.7. The summed E-state index contributed by atoms with van der Waals surface area (Å²) in [7, 11) is -3.90. The molecule has 1 amide bonds. The van der Waals surface area contributed by atoms with E-state index in [-0.39, 0.29) is 52.8 Å². The molecule has 168 valence electrons. The van der Waals surface area contributed by atoms with E-state index >= 15 is 0 Å². The summed E-state index contributed by atoms with van der Waals surface area (Å²) in [5, 5.41) is 4.37. The van der Waals surface area contributed by atoms with Gasteiger partial charge in [0.25, 0.3) is 5.91 Å². The number of benzene rings is 2. The van der Waals surface area contributed by atoms with Crippen LogP contribution < -0.4 is 0 Å². The highest BCUT2D eigenvalue weighted by atomic mass is 35.5. The Bertz CT molecular complexity index is 1250. The molecule has 1 aliphatic rings. The van der Waals surface area contributed by atoms with Gasteiger partial charge in [0.1, 0.15) is 10.7 Å². The number of carbonyl (C=O) groups excluding carboxylic acids is 1. The molecule has 7 nitrogen and oxygen atoms in total. The predicted molar refractivity (Wildman–Crippen MR) is 119 cm³/mol. The van der Waals surface area contributed by atoms with Crippen molar-refractivity contribution >= 4 is 39.1 Å². The maximum atomic E-state index is 13.2. The standard InChI is InChI=1S/C21H19Cl2FN4O3S/c1-14-17(13-25-28(14)16-7-5-15(24)6-8-16)21(29)26-9-11-27(12-10-26)32(30,31)20-18(22)3-2-4-19(20)23/h2-8,13H,9-12H2,1H3. The molecule has 0 unspecified atom stereocenters. The molecule has 3 aromatic rings. The molecule has 0 atom stereocenters. The zero-order chi connectivity index (χ0) is 23.0. The number of sulfonamides is 1. The summed E-state index contributed by atoms with van der Waals surface area (Å²) in [5.74, 6) is -0.607. The largest absolute Gasteiger partial charge is 0.336 e. The van der Waals surface area contributed by atoms with E-state index in [1.54, 1.807) is 34.7 Å². The quantitative estimate of drug-likeness (QED) is 0.550. The number of hydrogen-bond donors (Lipinski definition) is 0. The van der Waals surface area contributed by atoms with Crippen molar-refractivity contribution in [3.8, 4) is 5.69 Å². The molecule has 1 aromatic heterocycles. The first-order valence-electron chi connectivity index (χ1n) is 9.74. The van der Waals surface area contributed by atoms with Gasteiger partial charge in [-0.25, -0.2) is 17.5 Å². The van der Waals surface area contributed by atoms with Gasteiger partial charge in [0.05, 0.1) is 33.2 Å². The minimum Gasteiger partial charge on any atom is -0.336 e. The molecule has 0 radical (unpaired) electrons. The fourth-order valence-electron chi connectivity index (χ4n) is 3.62. The summed E-state index contributed by atoms with van der Waals surface area (Å²) in [5.41, 5.74) is 1.65. The minimum atomic E-state index is -3.90. The number of nitrogens with zero attached hydrogens (tertiary/aromatic N) is 4. The number of hydrogen-bond acceptors (Lipinski definition) is 4. The number of carbonyl (C=O) groups is 1. The molecule has 2 aromatic carbocycles. The lowest BCUT2D eigenvalue weighted by Crippen LogP contribution is -2.50. The fourth-order valence-corrected chi connectivity index (χ4v) is 6.14. The lowest BCUT2D eigenvalue weighted by Gasteiger charge is -2.34. The maximum Gasteiger partial charge on any atom is 0.257 e. The Balaban J connectivity index is 1.49. The molecule has 1 aliphatic heterocycles. The average Bonchev–Trinajstić information content (AvgIpc) is 3.15. The van der Waals surface area contributed by atoms with E-state index in [2.05, 4.69) is 5.10 Å². The molecule has 0 spiro atoms. The van der Waals surface area contributed by atoms with Crippen molar-refractivity contribution < 1.29 is 17.6 Å². The highest BCUT2D eigenvalue weighted by Gasteiger charge is 2.33. The van der Waals surface area contributed by atoms with E-state index in [0.717, 1.165) is 0 Å². The van der Waals surface area contributed by atoms with E-state index in [0.29, 0.717) is 16.9 Å². The molecule has 2 heterocycles. The second kappa shape index (κ2) is 8.82. The van der Waals surface area contributed by atoms with Crippen LogP contribution in [0.15, 0.2) is 53.6 Å². The second-order valence-corrected chi connectivity index (χ2v) is 9.97. The van der Waals surface area contributed by atoms with Gasteiger partial charge in [-0.15, -0.1) is 0 Å². The predicted octanol–water partition coefficient (Wildman–Crippen LogP) is 3.77. The van der Waals surface area contributed by atoms with E-state index in [4.69, 9.17) is 23.2 Å². The van der Waals surface area contributed by atoms with Gasteiger partial charge in [-0.3, -0.25) is 4.79 Å². The minimum absolute atomic E-state index is 0.0554. The molecule has 0 saturated carbocycles. The Morgan fingerprint density at radius 2 is 1.59 bits per heavy atom. The van der Waals surface area contributed by atoms with Crippen molar-refractivity contribution in [3.63, 3.8) is 0 Å². The zero-order valence-corrected chi connectivity index (χ0v) is 19.3. The number of aromatic nitrogens is 2. The van der Waals surface area contributed by atoms with Crippen molar-refractivity contribution in [1.82, 2.24) is 19.0 Å². The van der Waals surface area contributed by atoms with Gasteiger partial charge in [-0.05, 0) is 43.3 Å². The van der Waals surface area contributed by atoms with E-state index < -0.39 is 10.0 Å². The van der Waals surface area contributed by atoms with Crippen LogP contribution in [0, 0.1) is 12.7 Å². The van der Waals surface area contributed by atoms with Gasteiger partial charge in [-0.1, -0.05) is 29.3 Å². The van der Waals surface area contributed by atoms with Crippen LogP contribution >= 0.6 is 23.2 Å². The summed E-state index contributed by atoms with van der Waals surface area (Å²) in [6.45, 7) is 2.40. The van der Waals surface area contributed by atoms with Gasteiger partial charge in [-0.2, -0.15) is 9.40 Å². The summed E-state index contributed by atoms with van der Waals surface area (Å²) >= 11 is 12.2. The van der Waals surface area contributed by atoms with Gasteiger partial charge in [0, 0.05) is 26.2 Å². The molecule has 0 aliphatic carbocycles. The van der Waals surface area contributed by atoms with E-state index in [1.807, 2.05) is 0 Å². The molecule has 1 saturated heterocycles. The van der Waals surface area contributed by atoms with Crippen molar-refractivity contribution in [2.75, 3.05) is 26.2 Å². The molecule has 0 bridgehead atoms. The monoisotopic (exact) mass is 496 g/mol. The fraction of sp³-hybridized carbons (Fsp3) is 0.238. The number of rotatable bonds is 4. The molecule has 0 N–H and O–H groups in total. The Hall–Kier alpha value is -2.46. The third kappa shape index (κ3) is 4.13. The Labute approximate surface area is 195 Å². The van der Waals surface area contributed by atoms with Crippen molar-refractivity contribution in [2.24, 2.45) is 0 Å². The van der Waals surface area contributed by atoms with Crippen LogP contribution in [-0.2, 0) is 10.0 Å². The van der Waals surface area contributed by atoms with Gasteiger partial charge in [0.2, 0.25) is 10.0 Å². The Morgan fingerprint density at radius 3 is 2.19 bits per heavy atom. The number of piperazine rings is 1. The number of amides is 1. The van der Waals surface area contributed by atoms with Crippen molar-refractivity contribution in [3.05, 3.63) is 75.8 Å². The Kier molecular flexibility index (Phi) is 6.26. The van der Waals surface area contributed by atoms with Crippen LogP contribution in [0.25, 0.3) is 5.69 Å². The summed E-state index contributed by atoms with van der Waals surface area (Å²) in [4.78, 5) is 14.5. The third-order valence-corrected chi connectivity index (χ3v) is 8.21. The highest BCUT2D eigenvalue weighted by Crippen LogP contribution is 2.32. The van der Waals surface area contributed by atoms with Gasteiger partial charge in [0.15, 0.2) is 0 Å². The second-order valence-electron chi connectivity index (χ2n) is 7.28. The zero-order valence-electron chi connectivity index (χ0n) is 17.0. The van der Waals surface area contributed by atoms with Gasteiger partial charge < -0.3 is 4.90 Å². The topological polar surface area (TPSA) is 75.5 Å². The third-order valence-electron chi connectivity index (χ3n) is 5.35. The van der Waals surface area contributed by atoms with E-state index in [9.17, 15) is 17.6 Å². The smallest absolute Gasteiger partial charge is 0.257 e. The highest BCUT2D eigenvalue weighted by molar-refractivity contribution is 7.89. The van der Waals surface area contributed by atoms with Crippen LogP contribution in [0.5, 0.6) is 0 Å². The maximum absolute atomic E-state index is 13.2. The van der Waals surface area contributed by atoms with Crippen LogP contribution in [0.4, 0.5) is 4.39 Å². The first-order valence-corrected chi connectivity index (χ1v) is 11.9. The van der Waals surface area contributed by atoms with Crippen LogP contribution in [-0.4, -0.2) is 59.5 Å². The molecule has 1 fully saturated rings.